The van der Waals surface area contributed by atoms with Crippen molar-refractivity contribution >= 4 is 39.1 Å². The van der Waals surface area contributed by atoms with Crippen molar-refractivity contribution in [3.05, 3.63) is 80.0 Å². The number of nitro benzene ring substituents is 1. The molecule has 8 nitrogen and oxygen atoms in total. The molecular weight excluding hydrogens is 434 g/mol. The zero-order chi connectivity index (χ0) is 20.1. The Balaban J connectivity index is 1.65. The van der Waals surface area contributed by atoms with Crippen LogP contribution in [-0.2, 0) is 19.0 Å². The second kappa shape index (κ2) is 8.66. The number of nitrogens with zero attached hydrogens (tertiary/aromatic N) is 1. The van der Waals surface area contributed by atoms with Gasteiger partial charge in [0.1, 0.15) is 31.2 Å². The molecule has 0 saturated carbocycles. The summed E-state index contributed by atoms with van der Waals surface area (Å²) in [5.41, 5.74) is 0.697. The van der Waals surface area contributed by atoms with Crippen LogP contribution in [0.1, 0.15) is 15.9 Å². The molecule has 3 rings (SSSR count). The Morgan fingerprint density at radius 1 is 1.18 bits per heavy atom. The number of non-ortho nitro benzene ring substituents is 1. The van der Waals surface area contributed by atoms with Gasteiger partial charge in [-0.25, -0.2) is 9.59 Å². The average Bonchev–Trinajstić information content (AvgIpc) is 3.06. The van der Waals surface area contributed by atoms with Crippen LogP contribution in [0.25, 0.3) is 5.57 Å². The van der Waals surface area contributed by atoms with E-state index in [9.17, 15) is 19.7 Å². The number of benzene rings is 2. The summed E-state index contributed by atoms with van der Waals surface area (Å²) in [6.07, 6.45) is 0. The molecule has 0 N–H and O–H groups in total. The number of rotatable bonds is 7. The maximum absolute atomic E-state index is 12.0. The molecule has 1 aliphatic rings. The normalized spacial score (nSPS) is 13.2. The van der Waals surface area contributed by atoms with E-state index in [0.29, 0.717) is 15.6 Å². The van der Waals surface area contributed by atoms with Gasteiger partial charge in [0.15, 0.2) is 0 Å². The maximum atomic E-state index is 12.0. The molecule has 2 aromatic carbocycles. The first kappa shape index (κ1) is 19.6. The molecular formula is C19H14BrNO7. The number of halogens is 1. The Morgan fingerprint density at radius 2 is 1.96 bits per heavy atom. The number of carbonyl (C=O) groups is 2. The van der Waals surface area contributed by atoms with Crippen molar-refractivity contribution in [1.29, 1.82) is 0 Å². The highest BCUT2D eigenvalue weighted by Gasteiger charge is 2.29. The van der Waals surface area contributed by atoms with Crippen molar-refractivity contribution in [3.8, 4) is 0 Å². The van der Waals surface area contributed by atoms with Gasteiger partial charge < -0.3 is 14.2 Å². The summed E-state index contributed by atoms with van der Waals surface area (Å²) in [6, 6.07) is 12.5. The summed E-state index contributed by atoms with van der Waals surface area (Å²) in [5.74, 6) is -0.897. The Hall–Kier alpha value is -3.20. The zero-order valence-corrected chi connectivity index (χ0v) is 16.0. The van der Waals surface area contributed by atoms with Crippen LogP contribution in [-0.4, -0.2) is 36.7 Å². The van der Waals surface area contributed by atoms with Gasteiger partial charge in [0.25, 0.3) is 5.69 Å². The molecule has 0 atom stereocenters. The lowest BCUT2D eigenvalue weighted by Crippen LogP contribution is -2.12. The van der Waals surface area contributed by atoms with Crippen LogP contribution in [0.3, 0.4) is 0 Å². The van der Waals surface area contributed by atoms with E-state index in [1.54, 1.807) is 30.3 Å². The molecule has 0 aliphatic carbocycles. The summed E-state index contributed by atoms with van der Waals surface area (Å²) in [7, 11) is 0. The Bertz CT molecular complexity index is 970. The fourth-order valence-corrected chi connectivity index (χ4v) is 3.01. The Kier molecular flexibility index (Phi) is 6.05. The third-order valence-electron chi connectivity index (χ3n) is 3.85. The average molecular weight is 448 g/mol. The third kappa shape index (κ3) is 4.37. The lowest BCUT2D eigenvalue weighted by molar-refractivity contribution is -0.384. The molecule has 0 saturated heterocycles. The second-order valence-electron chi connectivity index (χ2n) is 5.65. The van der Waals surface area contributed by atoms with Crippen molar-refractivity contribution in [1.82, 2.24) is 0 Å². The lowest BCUT2D eigenvalue weighted by Gasteiger charge is -2.09. The van der Waals surface area contributed by atoms with Crippen LogP contribution >= 0.6 is 15.9 Å². The van der Waals surface area contributed by atoms with Gasteiger partial charge in [-0.2, -0.15) is 0 Å². The van der Waals surface area contributed by atoms with E-state index in [-0.39, 0.29) is 36.8 Å². The molecule has 1 heterocycles. The third-order valence-corrected chi connectivity index (χ3v) is 4.54. The molecule has 0 amide bonds. The van der Waals surface area contributed by atoms with Crippen LogP contribution in [0, 0.1) is 10.1 Å². The SMILES string of the molecule is O=C1OCC(OCCOC(=O)c2ccccc2Br)=C1c1cccc([N+](=O)[O-])c1. The molecule has 0 radical (unpaired) electrons. The topological polar surface area (TPSA) is 105 Å². The van der Waals surface area contributed by atoms with Crippen LogP contribution in [0.2, 0.25) is 0 Å². The number of nitro groups is 1. The van der Waals surface area contributed by atoms with E-state index in [1.165, 1.54) is 18.2 Å². The van der Waals surface area contributed by atoms with Crippen LogP contribution in [0.15, 0.2) is 58.8 Å². The molecule has 0 bridgehead atoms. The van der Waals surface area contributed by atoms with Gasteiger partial charge in [0, 0.05) is 16.6 Å². The van der Waals surface area contributed by atoms with Crippen LogP contribution in [0.5, 0.6) is 0 Å². The molecule has 0 fully saturated rings. The summed E-state index contributed by atoms with van der Waals surface area (Å²) < 4.78 is 16.3. The Morgan fingerprint density at radius 3 is 2.71 bits per heavy atom. The first-order valence-electron chi connectivity index (χ1n) is 8.17. The minimum atomic E-state index is -0.624. The summed E-state index contributed by atoms with van der Waals surface area (Å²) in [6.45, 7) is -0.129. The number of hydrogen-bond acceptors (Lipinski definition) is 7. The quantitative estimate of drug-likeness (QED) is 0.276. The monoisotopic (exact) mass is 447 g/mol. The van der Waals surface area contributed by atoms with Gasteiger partial charge in [-0.05, 0) is 33.6 Å². The molecule has 9 heteroatoms. The number of carbonyl (C=O) groups excluding carboxylic acids is 2. The number of cyclic esters (lactones) is 1. The largest absolute Gasteiger partial charge is 0.490 e. The van der Waals surface area contributed by atoms with Crippen molar-refractivity contribution in [2.45, 2.75) is 0 Å². The van der Waals surface area contributed by atoms with E-state index in [0.717, 1.165) is 0 Å². The van der Waals surface area contributed by atoms with Crippen LogP contribution in [0.4, 0.5) is 5.69 Å². The predicted molar refractivity (Wildman–Crippen MR) is 101 cm³/mol. The highest BCUT2D eigenvalue weighted by molar-refractivity contribution is 9.10. The van der Waals surface area contributed by atoms with E-state index in [4.69, 9.17) is 14.2 Å². The Labute approximate surface area is 168 Å². The molecule has 144 valence electrons. The van der Waals surface area contributed by atoms with Crippen molar-refractivity contribution in [2.75, 3.05) is 19.8 Å². The van der Waals surface area contributed by atoms with Gasteiger partial charge >= 0.3 is 11.9 Å². The number of hydrogen-bond donors (Lipinski definition) is 0. The number of ether oxygens (including phenoxy) is 3. The predicted octanol–water partition coefficient (Wildman–Crippen LogP) is 3.50. The zero-order valence-electron chi connectivity index (χ0n) is 14.4. The van der Waals surface area contributed by atoms with Gasteiger partial charge in [-0.15, -0.1) is 0 Å². The van der Waals surface area contributed by atoms with Gasteiger partial charge in [-0.3, -0.25) is 10.1 Å². The molecule has 0 aromatic heterocycles. The first-order chi connectivity index (χ1) is 13.5. The van der Waals surface area contributed by atoms with Crippen molar-refractivity contribution in [3.63, 3.8) is 0 Å². The van der Waals surface area contributed by atoms with Gasteiger partial charge in [0.05, 0.1) is 10.5 Å². The fourth-order valence-electron chi connectivity index (χ4n) is 2.56. The minimum Gasteiger partial charge on any atom is -0.490 e. The fraction of sp³-hybridized carbons (Fsp3) is 0.158. The summed E-state index contributed by atoms with van der Waals surface area (Å²) in [5, 5.41) is 10.9. The second-order valence-corrected chi connectivity index (χ2v) is 6.50. The van der Waals surface area contributed by atoms with Gasteiger partial charge in [-0.1, -0.05) is 24.3 Å². The first-order valence-corrected chi connectivity index (χ1v) is 8.96. The highest BCUT2D eigenvalue weighted by atomic mass is 79.9. The van der Waals surface area contributed by atoms with E-state index in [2.05, 4.69) is 15.9 Å². The molecule has 0 unspecified atom stereocenters. The molecule has 0 spiro atoms. The van der Waals surface area contributed by atoms with E-state index >= 15 is 0 Å². The van der Waals surface area contributed by atoms with Gasteiger partial charge in [0.2, 0.25) is 0 Å². The van der Waals surface area contributed by atoms with Crippen molar-refractivity contribution in [2.24, 2.45) is 0 Å². The van der Waals surface area contributed by atoms with Crippen molar-refractivity contribution < 1.29 is 28.7 Å². The lowest BCUT2D eigenvalue weighted by atomic mass is 10.1. The van der Waals surface area contributed by atoms with E-state index in [1.807, 2.05) is 0 Å². The summed E-state index contributed by atoms with van der Waals surface area (Å²) >= 11 is 3.27. The van der Waals surface area contributed by atoms with E-state index < -0.39 is 16.9 Å². The molecule has 2 aromatic rings. The highest BCUT2D eigenvalue weighted by Crippen LogP contribution is 2.29. The molecule has 28 heavy (non-hydrogen) atoms. The standard InChI is InChI=1S/C19H14BrNO7/c20-15-7-2-1-6-14(15)18(22)27-9-8-26-16-11-28-19(23)17(16)12-4-3-5-13(10-12)21(24)25/h1-7,10H,8-9,11H2. The smallest absolute Gasteiger partial charge is 0.342 e. The number of esters is 2. The summed E-state index contributed by atoms with van der Waals surface area (Å²) in [4.78, 5) is 34.4. The molecule has 1 aliphatic heterocycles. The van der Waals surface area contributed by atoms with Crippen LogP contribution < -0.4 is 0 Å². The minimum absolute atomic E-state index is 0.000588. The maximum Gasteiger partial charge on any atom is 0.342 e.